The summed E-state index contributed by atoms with van der Waals surface area (Å²) >= 11 is 0. The SMILES string of the molecule is Fc1ccccc1CNc1nc(-c2ccccc2)cc(N2CCCC2)n1. The number of nitrogens with zero attached hydrogens (tertiary/aromatic N) is 3. The Labute approximate surface area is 152 Å². The van der Waals surface area contributed by atoms with Crippen molar-refractivity contribution in [3.63, 3.8) is 0 Å². The fourth-order valence-corrected chi connectivity index (χ4v) is 3.19. The summed E-state index contributed by atoms with van der Waals surface area (Å²) in [6.45, 7) is 2.38. The first-order chi connectivity index (χ1) is 12.8. The monoisotopic (exact) mass is 348 g/mol. The van der Waals surface area contributed by atoms with E-state index in [2.05, 4.69) is 20.2 Å². The Hall–Kier alpha value is -2.95. The van der Waals surface area contributed by atoms with Gasteiger partial charge >= 0.3 is 0 Å². The molecule has 0 amide bonds. The molecule has 1 saturated heterocycles. The van der Waals surface area contributed by atoms with Crippen molar-refractivity contribution in [2.75, 3.05) is 23.3 Å². The number of benzene rings is 2. The molecule has 4 rings (SSSR count). The lowest BCUT2D eigenvalue weighted by molar-refractivity contribution is 0.612. The van der Waals surface area contributed by atoms with Crippen molar-refractivity contribution in [1.82, 2.24) is 9.97 Å². The Balaban J connectivity index is 1.64. The van der Waals surface area contributed by atoms with E-state index in [1.807, 2.05) is 42.5 Å². The summed E-state index contributed by atoms with van der Waals surface area (Å²) in [6, 6.07) is 18.9. The van der Waals surface area contributed by atoms with Crippen LogP contribution in [0.4, 0.5) is 16.2 Å². The standard InChI is InChI=1S/C21H21FN4/c22-18-11-5-4-10-17(18)15-23-21-24-19(16-8-2-1-3-9-16)14-20(25-21)26-12-6-7-13-26/h1-5,8-11,14H,6-7,12-13,15H2,(H,23,24,25). The summed E-state index contributed by atoms with van der Waals surface area (Å²) in [5.74, 6) is 1.22. The van der Waals surface area contributed by atoms with Gasteiger partial charge in [-0.15, -0.1) is 0 Å². The van der Waals surface area contributed by atoms with Gasteiger partial charge in [0.05, 0.1) is 5.69 Å². The molecular formula is C21H21FN4. The Morgan fingerprint density at radius 3 is 2.42 bits per heavy atom. The van der Waals surface area contributed by atoms with Crippen molar-refractivity contribution in [2.45, 2.75) is 19.4 Å². The summed E-state index contributed by atoms with van der Waals surface area (Å²) < 4.78 is 13.9. The minimum atomic E-state index is -0.223. The summed E-state index contributed by atoms with van der Waals surface area (Å²) in [4.78, 5) is 11.6. The van der Waals surface area contributed by atoms with E-state index in [1.165, 1.54) is 18.9 Å². The molecule has 3 aromatic rings. The maximum atomic E-state index is 13.9. The number of halogens is 1. The fourth-order valence-electron chi connectivity index (χ4n) is 3.19. The molecule has 1 fully saturated rings. The highest BCUT2D eigenvalue weighted by Gasteiger charge is 2.16. The van der Waals surface area contributed by atoms with Gasteiger partial charge in [-0.05, 0) is 18.9 Å². The molecule has 132 valence electrons. The van der Waals surface area contributed by atoms with Gasteiger partial charge in [-0.3, -0.25) is 0 Å². The van der Waals surface area contributed by atoms with E-state index < -0.39 is 0 Å². The third-order valence-corrected chi connectivity index (χ3v) is 4.61. The highest BCUT2D eigenvalue weighted by Crippen LogP contribution is 2.26. The molecule has 0 saturated carbocycles. The lowest BCUT2D eigenvalue weighted by Crippen LogP contribution is -2.20. The molecular weight excluding hydrogens is 327 g/mol. The third kappa shape index (κ3) is 3.67. The van der Waals surface area contributed by atoms with Crippen molar-refractivity contribution < 1.29 is 4.39 Å². The molecule has 0 bridgehead atoms. The van der Waals surface area contributed by atoms with Crippen LogP contribution in [0, 0.1) is 5.82 Å². The molecule has 1 aliphatic heterocycles. The Morgan fingerprint density at radius 2 is 1.65 bits per heavy atom. The van der Waals surface area contributed by atoms with Gasteiger partial charge in [0.25, 0.3) is 0 Å². The van der Waals surface area contributed by atoms with Crippen LogP contribution < -0.4 is 10.2 Å². The van der Waals surface area contributed by atoms with Crippen LogP contribution in [0.15, 0.2) is 60.7 Å². The van der Waals surface area contributed by atoms with Crippen LogP contribution in [0.1, 0.15) is 18.4 Å². The van der Waals surface area contributed by atoms with Crippen LogP contribution in [0.3, 0.4) is 0 Å². The third-order valence-electron chi connectivity index (χ3n) is 4.61. The summed E-state index contributed by atoms with van der Waals surface area (Å²) in [5, 5.41) is 3.19. The maximum Gasteiger partial charge on any atom is 0.225 e. The molecule has 1 aliphatic rings. The lowest BCUT2D eigenvalue weighted by atomic mass is 10.1. The second kappa shape index (κ2) is 7.52. The minimum Gasteiger partial charge on any atom is -0.356 e. The second-order valence-corrected chi connectivity index (χ2v) is 6.44. The Morgan fingerprint density at radius 1 is 0.923 bits per heavy atom. The normalized spacial score (nSPS) is 13.8. The van der Waals surface area contributed by atoms with Crippen molar-refractivity contribution in [3.8, 4) is 11.3 Å². The molecule has 26 heavy (non-hydrogen) atoms. The van der Waals surface area contributed by atoms with Gasteiger partial charge < -0.3 is 10.2 Å². The van der Waals surface area contributed by atoms with Crippen molar-refractivity contribution in [1.29, 1.82) is 0 Å². The first-order valence-corrected chi connectivity index (χ1v) is 8.96. The smallest absolute Gasteiger partial charge is 0.225 e. The predicted molar refractivity (Wildman–Crippen MR) is 103 cm³/mol. The maximum absolute atomic E-state index is 13.9. The molecule has 0 radical (unpaired) electrons. The lowest BCUT2D eigenvalue weighted by Gasteiger charge is -2.18. The average molecular weight is 348 g/mol. The summed E-state index contributed by atoms with van der Waals surface area (Å²) in [5.41, 5.74) is 2.52. The van der Waals surface area contributed by atoms with Crippen LogP contribution in [0.25, 0.3) is 11.3 Å². The Kier molecular flexibility index (Phi) is 4.78. The first-order valence-electron chi connectivity index (χ1n) is 8.96. The number of aromatic nitrogens is 2. The largest absolute Gasteiger partial charge is 0.356 e. The van der Waals surface area contributed by atoms with E-state index in [4.69, 9.17) is 0 Å². The number of hydrogen-bond donors (Lipinski definition) is 1. The van der Waals surface area contributed by atoms with Gasteiger partial charge in [0.2, 0.25) is 5.95 Å². The van der Waals surface area contributed by atoms with Crippen LogP contribution in [0.5, 0.6) is 0 Å². The second-order valence-electron chi connectivity index (χ2n) is 6.44. The number of hydrogen-bond acceptors (Lipinski definition) is 4. The fraction of sp³-hybridized carbons (Fsp3) is 0.238. The number of nitrogens with one attached hydrogen (secondary N) is 1. The summed E-state index contributed by atoms with van der Waals surface area (Å²) in [6.07, 6.45) is 2.37. The number of anilines is 2. The molecule has 2 heterocycles. The van der Waals surface area contributed by atoms with Gasteiger partial charge in [-0.1, -0.05) is 48.5 Å². The van der Waals surface area contributed by atoms with Gasteiger partial charge in [0.15, 0.2) is 0 Å². The molecule has 5 heteroatoms. The molecule has 0 atom stereocenters. The van der Waals surface area contributed by atoms with E-state index in [9.17, 15) is 4.39 Å². The zero-order chi connectivity index (χ0) is 17.8. The van der Waals surface area contributed by atoms with Crippen molar-refractivity contribution in [2.24, 2.45) is 0 Å². The van der Waals surface area contributed by atoms with E-state index in [0.717, 1.165) is 30.2 Å². The van der Waals surface area contributed by atoms with E-state index in [1.54, 1.807) is 12.1 Å². The average Bonchev–Trinajstić information content (AvgIpc) is 3.23. The number of rotatable bonds is 5. The highest BCUT2D eigenvalue weighted by molar-refractivity contribution is 5.65. The minimum absolute atomic E-state index is 0.223. The van der Waals surface area contributed by atoms with Gasteiger partial charge in [0.1, 0.15) is 11.6 Å². The van der Waals surface area contributed by atoms with Crippen LogP contribution >= 0.6 is 0 Å². The molecule has 1 N–H and O–H groups in total. The van der Waals surface area contributed by atoms with E-state index in [-0.39, 0.29) is 5.82 Å². The topological polar surface area (TPSA) is 41.1 Å². The van der Waals surface area contributed by atoms with Gasteiger partial charge in [0, 0.05) is 36.8 Å². The molecule has 2 aromatic carbocycles. The molecule has 0 unspecified atom stereocenters. The van der Waals surface area contributed by atoms with Crippen LogP contribution in [-0.2, 0) is 6.54 Å². The van der Waals surface area contributed by atoms with Crippen LogP contribution in [0.2, 0.25) is 0 Å². The van der Waals surface area contributed by atoms with Crippen molar-refractivity contribution in [3.05, 3.63) is 72.0 Å². The molecule has 0 aliphatic carbocycles. The summed E-state index contributed by atoms with van der Waals surface area (Å²) in [7, 11) is 0. The Bertz CT molecular complexity index is 876. The molecule has 4 nitrogen and oxygen atoms in total. The quantitative estimate of drug-likeness (QED) is 0.737. The van der Waals surface area contributed by atoms with Gasteiger partial charge in [-0.2, -0.15) is 4.98 Å². The molecule has 0 spiro atoms. The highest BCUT2D eigenvalue weighted by atomic mass is 19.1. The van der Waals surface area contributed by atoms with Crippen molar-refractivity contribution >= 4 is 11.8 Å². The van der Waals surface area contributed by atoms with E-state index >= 15 is 0 Å². The molecule has 1 aromatic heterocycles. The zero-order valence-electron chi connectivity index (χ0n) is 14.5. The van der Waals surface area contributed by atoms with E-state index in [0.29, 0.717) is 18.1 Å². The predicted octanol–water partition coefficient (Wildman–Crippen LogP) is 4.50. The first kappa shape index (κ1) is 16.5. The van der Waals surface area contributed by atoms with Crippen LogP contribution in [-0.4, -0.2) is 23.1 Å². The zero-order valence-corrected chi connectivity index (χ0v) is 14.5. The van der Waals surface area contributed by atoms with Gasteiger partial charge in [-0.25, -0.2) is 9.37 Å².